The van der Waals surface area contributed by atoms with E-state index in [2.05, 4.69) is 15.0 Å². The lowest BCUT2D eigenvalue weighted by Gasteiger charge is -2.06. The molecule has 3 N–H and O–H groups in total. The van der Waals surface area contributed by atoms with Gasteiger partial charge >= 0.3 is 5.97 Å². The number of benzene rings is 2. The number of methoxy groups -OCH3 is 1. The molecule has 0 heterocycles. The second-order valence-corrected chi connectivity index (χ2v) is 3.91. The van der Waals surface area contributed by atoms with Gasteiger partial charge in [0.2, 0.25) is 5.84 Å². The van der Waals surface area contributed by atoms with Crippen LogP contribution in [0.4, 0.5) is 11.4 Å². The lowest BCUT2D eigenvalue weighted by atomic mass is 10.1. The lowest BCUT2D eigenvalue weighted by molar-refractivity contribution is -0.132. The Morgan fingerprint density at radius 1 is 1.30 bits per heavy atom. The van der Waals surface area contributed by atoms with Crippen molar-refractivity contribution in [3.8, 4) is 6.19 Å². The maximum absolute atomic E-state index is 11.5. The summed E-state index contributed by atoms with van der Waals surface area (Å²) >= 11 is 0. The molecule has 0 spiro atoms. The maximum atomic E-state index is 11.5. The summed E-state index contributed by atoms with van der Waals surface area (Å²) in [6, 6.07) is 10.8. The van der Waals surface area contributed by atoms with Crippen LogP contribution in [-0.2, 0) is 9.53 Å². The number of hydrogen-bond donors (Lipinski definition) is 2. The fraction of sp³-hybridized carbons (Fsp3) is 0.0714. The number of nitrogens with one attached hydrogen (secondary N) is 1. The molecule has 0 bridgehead atoms. The number of nitriles is 1. The molecule has 6 nitrogen and oxygen atoms in total. The molecule has 2 aromatic rings. The zero-order chi connectivity index (χ0) is 14.5. The number of nitrogens with zero attached hydrogens (tertiary/aromatic N) is 2. The van der Waals surface area contributed by atoms with Crippen molar-refractivity contribution in [2.75, 3.05) is 12.8 Å². The zero-order valence-corrected chi connectivity index (χ0v) is 10.8. The summed E-state index contributed by atoms with van der Waals surface area (Å²) in [5.74, 6) is -0.891. The first kappa shape index (κ1) is 13.4. The van der Waals surface area contributed by atoms with E-state index >= 15 is 0 Å². The molecule has 0 aliphatic carbocycles. The van der Waals surface area contributed by atoms with E-state index in [1.807, 2.05) is 12.1 Å². The first-order valence-electron chi connectivity index (χ1n) is 5.76. The first-order valence-corrected chi connectivity index (χ1v) is 5.76. The van der Waals surface area contributed by atoms with Crippen molar-refractivity contribution in [3.63, 3.8) is 0 Å². The highest BCUT2D eigenvalue weighted by Gasteiger charge is 2.12. The Bertz CT molecular complexity index is 732. The van der Waals surface area contributed by atoms with Crippen LogP contribution in [0.5, 0.6) is 0 Å². The Morgan fingerprint density at radius 2 is 2.00 bits per heavy atom. The molecule has 20 heavy (non-hydrogen) atoms. The SMILES string of the molecule is COC(=O)C(=Nc1cccc2c(N)cccc12)NC#N. The summed E-state index contributed by atoms with van der Waals surface area (Å²) in [5, 5.41) is 12.5. The van der Waals surface area contributed by atoms with Crippen LogP contribution in [-0.4, -0.2) is 18.9 Å². The highest BCUT2D eigenvalue weighted by molar-refractivity contribution is 6.36. The molecule has 6 heteroatoms. The minimum absolute atomic E-state index is 0.176. The average Bonchev–Trinajstić information content (AvgIpc) is 2.47. The van der Waals surface area contributed by atoms with Crippen LogP contribution in [0, 0.1) is 11.5 Å². The van der Waals surface area contributed by atoms with Gasteiger partial charge in [0.25, 0.3) is 0 Å². The predicted molar refractivity (Wildman–Crippen MR) is 76.2 cm³/mol. The molecule has 0 saturated heterocycles. The van der Waals surface area contributed by atoms with Crippen LogP contribution >= 0.6 is 0 Å². The first-order chi connectivity index (χ1) is 9.67. The van der Waals surface area contributed by atoms with E-state index in [-0.39, 0.29) is 5.84 Å². The molecule has 0 amide bonds. The van der Waals surface area contributed by atoms with Crippen molar-refractivity contribution in [3.05, 3.63) is 36.4 Å². The van der Waals surface area contributed by atoms with Crippen LogP contribution in [0.25, 0.3) is 10.8 Å². The summed E-state index contributed by atoms with van der Waals surface area (Å²) in [6.45, 7) is 0. The smallest absolute Gasteiger partial charge is 0.374 e. The largest absolute Gasteiger partial charge is 0.463 e. The maximum Gasteiger partial charge on any atom is 0.374 e. The Hall–Kier alpha value is -3.07. The van der Waals surface area contributed by atoms with Gasteiger partial charge in [-0.2, -0.15) is 5.26 Å². The fourth-order valence-electron chi connectivity index (χ4n) is 1.81. The lowest BCUT2D eigenvalue weighted by Crippen LogP contribution is -2.28. The van der Waals surface area contributed by atoms with Gasteiger partial charge in [-0.05, 0) is 12.1 Å². The molecule has 100 valence electrons. The number of nitrogen functional groups attached to an aromatic ring is 1. The van der Waals surface area contributed by atoms with E-state index in [1.54, 1.807) is 30.5 Å². The third-order valence-electron chi connectivity index (χ3n) is 2.72. The van der Waals surface area contributed by atoms with Crippen molar-refractivity contribution in [2.24, 2.45) is 4.99 Å². The number of hydrogen-bond acceptors (Lipinski definition) is 5. The zero-order valence-electron chi connectivity index (χ0n) is 10.8. The molecule has 2 rings (SSSR count). The fourth-order valence-corrected chi connectivity index (χ4v) is 1.81. The van der Waals surface area contributed by atoms with Gasteiger partial charge in [-0.3, -0.25) is 5.32 Å². The number of ether oxygens (including phenoxy) is 1. The highest BCUT2D eigenvalue weighted by atomic mass is 16.5. The average molecular weight is 268 g/mol. The normalized spacial score (nSPS) is 10.9. The van der Waals surface area contributed by atoms with Crippen molar-refractivity contribution in [1.29, 1.82) is 5.26 Å². The topological polar surface area (TPSA) is 100 Å². The van der Waals surface area contributed by atoms with E-state index < -0.39 is 5.97 Å². The second-order valence-electron chi connectivity index (χ2n) is 3.91. The predicted octanol–water partition coefficient (Wildman–Crippen LogP) is 1.70. The number of esters is 1. The molecular formula is C14H12N4O2. The Balaban J connectivity index is 2.60. The van der Waals surface area contributed by atoms with Gasteiger partial charge in [-0.1, -0.05) is 24.3 Å². The Kier molecular flexibility index (Phi) is 3.82. The summed E-state index contributed by atoms with van der Waals surface area (Å²) in [5.41, 5.74) is 7.04. The van der Waals surface area contributed by atoms with Crippen molar-refractivity contribution in [2.45, 2.75) is 0 Å². The number of nitrogens with two attached hydrogens (primary N) is 1. The number of anilines is 1. The molecule has 0 radical (unpaired) electrons. The van der Waals surface area contributed by atoms with Gasteiger partial charge in [-0.15, -0.1) is 0 Å². The van der Waals surface area contributed by atoms with Gasteiger partial charge in [0.05, 0.1) is 12.8 Å². The third-order valence-corrected chi connectivity index (χ3v) is 2.72. The number of amidine groups is 1. The van der Waals surface area contributed by atoms with E-state index in [9.17, 15) is 4.79 Å². The van der Waals surface area contributed by atoms with Crippen molar-refractivity contribution in [1.82, 2.24) is 5.32 Å². The Labute approximate surface area is 115 Å². The number of fused-ring (bicyclic) bond motifs is 1. The number of aliphatic imine (C=N–C) groups is 1. The van der Waals surface area contributed by atoms with E-state index in [0.717, 1.165) is 10.8 Å². The van der Waals surface area contributed by atoms with E-state index in [4.69, 9.17) is 11.0 Å². The van der Waals surface area contributed by atoms with Crippen molar-refractivity contribution >= 4 is 34.0 Å². The summed E-state index contributed by atoms with van der Waals surface area (Å²) in [4.78, 5) is 15.7. The monoisotopic (exact) mass is 268 g/mol. The molecule has 0 unspecified atom stereocenters. The van der Waals surface area contributed by atoms with Gasteiger partial charge < -0.3 is 10.5 Å². The molecule has 2 aromatic carbocycles. The molecule has 0 saturated carbocycles. The second kappa shape index (κ2) is 5.71. The van der Waals surface area contributed by atoms with Gasteiger partial charge in [0.15, 0.2) is 6.19 Å². The number of carbonyl (C=O) groups is 1. The van der Waals surface area contributed by atoms with Crippen LogP contribution in [0.2, 0.25) is 0 Å². The summed E-state index contributed by atoms with van der Waals surface area (Å²) in [6.07, 6.45) is 1.66. The molecular weight excluding hydrogens is 256 g/mol. The van der Waals surface area contributed by atoms with E-state index in [1.165, 1.54) is 7.11 Å². The molecule has 0 aliphatic heterocycles. The minimum Gasteiger partial charge on any atom is -0.463 e. The highest BCUT2D eigenvalue weighted by Crippen LogP contribution is 2.29. The third kappa shape index (κ3) is 2.52. The standard InChI is InChI=1S/C14H12N4O2/c1-20-14(19)13(17-8-15)18-12-7-3-4-9-10(12)5-2-6-11(9)16/h2-7H,16H2,1H3,(H,17,18). The van der Waals surface area contributed by atoms with Crippen LogP contribution < -0.4 is 11.1 Å². The van der Waals surface area contributed by atoms with Crippen LogP contribution in [0.3, 0.4) is 0 Å². The molecule has 0 aromatic heterocycles. The quantitative estimate of drug-likeness (QED) is 0.205. The van der Waals surface area contributed by atoms with Gasteiger partial charge in [-0.25, -0.2) is 9.79 Å². The van der Waals surface area contributed by atoms with Crippen LogP contribution in [0.15, 0.2) is 41.4 Å². The van der Waals surface area contributed by atoms with Gasteiger partial charge in [0.1, 0.15) is 0 Å². The molecule has 0 aliphatic rings. The Morgan fingerprint density at radius 3 is 2.70 bits per heavy atom. The molecule has 0 fully saturated rings. The summed E-state index contributed by atoms with van der Waals surface area (Å²) in [7, 11) is 1.22. The van der Waals surface area contributed by atoms with Crippen LogP contribution in [0.1, 0.15) is 0 Å². The van der Waals surface area contributed by atoms with Crippen molar-refractivity contribution < 1.29 is 9.53 Å². The molecule has 0 atom stereocenters. The number of rotatable bonds is 1. The van der Waals surface area contributed by atoms with E-state index in [0.29, 0.717) is 11.4 Å². The minimum atomic E-state index is -0.715. The summed E-state index contributed by atoms with van der Waals surface area (Å²) < 4.78 is 4.56. The van der Waals surface area contributed by atoms with Gasteiger partial charge in [0, 0.05) is 16.5 Å². The number of carbonyl (C=O) groups excluding carboxylic acids is 1.